The molecular weight excluding hydrogens is 300 g/mol. The molecule has 2 aromatic carbocycles. The van der Waals surface area contributed by atoms with Gasteiger partial charge in [0.25, 0.3) is 0 Å². The molecule has 0 amide bonds. The fraction of sp³-hybridized carbons (Fsp3) is 0.167. The van der Waals surface area contributed by atoms with Gasteiger partial charge in [0.1, 0.15) is 12.4 Å². The molecule has 2 rings (SSSR count). The minimum absolute atomic E-state index is 0.0672. The highest BCUT2D eigenvalue weighted by Crippen LogP contribution is 2.15. The minimum atomic E-state index is -0.0672. The van der Waals surface area contributed by atoms with Crippen molar-refractivity contribution >= 4 is 23.5 Å². The Morgan fingerprint density at radius 1 is 1.14 bits per heavy atom. The molecule has 0 aromatic heterocycles. The lowest BCUT2D eigenvalue weighted by molar-refractivity contribution is 0.104. The van der Waals surface area contributed by atoms with Crippen LogP contribution in [0.2, 0.25) is 5.02 Å². The van der Waals surface area contributed by atoms with Crippen LogP contribution in [0.5, 0.6) is 5.75 Å². The molecular formula is C18H17ClO3. The van der Waals surface area contributed by atoms with Crippen molar-refractivity contribution in [2.24, 2.45) is 0 Å². The molecule has 0 aliphatic carbocycles. The smallest absolute Gasteiger partial charge is 0.185 e. The molecule has 4 heteroatoms. The molecule has 0 radical (unpaired) electrons. The fourth-order valence-corrected chi connectivity index (χ4v) is 1.96. The summed E-state index contributed by atoms with van der Waals surface area (Å²) in [5.74, 6) is 0.681. The van der Waals surface area contributed by atoms with Gasteiger partial charge >= 0.3 is 0 Å². The Bertz CT molecular complexity index is 648. The number of ketones is 1. The number of hydrogen-bond acceptors (Lipinski definition) is 3. The van der Waals surface area contributed by atoms with E-state index in [4.69, 9.17) is 21.1 Å². The molecule has 0 aliphatic rings. The molecule has 3 nitrogen and oxygen atoms in total. The fourth-order valence-electron chi connectivity index (χ4n) is 1.83. The van der Waals surface area contributed by atoms with Gasteiger partial charge in [0, 0.05) is 17.7 Å². The van der Waals surface area contributed by atoms with Gasteiger partial charge in [0.2, 0.25) is 0 Å². The van der Waals surface area contributed by atoms with E-state index in [1.165, 1.54) is 6.08 Å². The quantitative estimate of drug-likeness (QED) is 0.435. The van der Waals surface area contributed by atoms with Crippen molar-refractivity contribution in [2.45, 2.75) is 0 Å². The maximum Gasteiger partial charge on any atom is 0.185 e. The number of benzene rings is 2. The van der Waals surface area contributed by atoms with E-state index in [2.05, 4.69) is 0 Å². The Kier molecular flexibility index (Phi) is 6.19. The van der Waals surface area contributed by atoms with Crippen LogP contribution in [0, 0.1) is 0 Å². The van der Waals surface area contributed by atoms with Gasteiger partial charge in [-0.1, -0.05) is 29.8 Å². The Morgan fingerprint density at radius 2 is 1.91 bits per heavy atom. The van der Waals surface area contributed by atoms with Crippen molar-refractivity contribution < 1.29 is 14.3 Å². The van der Waals surface area contributed by atoms with E-state index >= 15 is 0 Å². The van der Waals surface area contributed by atoms with Crippen LogP contribution in [-0.2, 0) is 4.74 Å². The maximum atomic E-state index is 12.0. The van der Waals surface area contributed by atoms with Crippen molar-refractivity contribution in [1.29, 1.82) is 0 Å². The molecule has 22 heavy (non-hydrogen) atoms. The van der Waals surface area contributed by atoms with E-state index in [1.807, 2.05) is 24.3 Å². The topological polar surface area (TPSA) is 35.5 Å². The molecule has 0 fully saturated rings. The first-order valence-electron chi connectivity index (χ1n) is 6.89. The zero-order chi connectivity index (χ0) is 15.8. The summed E-state index contributed by atoms with van der Waals surface area (Å²) < 4.78 is 10.5. The zero-order valence-electron chi connectivity index (χ0n) is 12.3. The van der Waals surface area contributed by atoms with E-state index in [0.717, 1.165) is 11.3 Å². The highest BCUT2D eigenvalue weighted by Gasteiger charge is 2.01. The second-order valence-corrected chi connectivity index (χ2v) is 5.05. The van der Waals surface area contributed by atoms with E-state index < -0.39 is 0 Å². The minimum Gasteiger partial charge on any atom is -0.491 e. The summed E-state index contributed by atoms with van der Waals surface area (Å²) in [5, 5.41) is 0.612. The predicted octanol–water partition coefficient (Wildman–Crippen LogP) is 4.26. The summed E-state index contributed by atoms with van der Waals surface area (Å²) in [4.78, 5) is 12.0. The number of carbonyl (C=O) groups is 1. The molecule has 0 spiro atoms. The Morgan fingerprint density at radius 3 is 2.64 bits per heavy atom. The van der Waals surface area contributed by atoms with Crippen LogP contribution in [0.25, 0.3) is 6.08 Å². The molecule has 0 bridgehead atoms. The standard InChI is InChI=1S/C18H17ClO3/c1-21-11-12-22-17-4-2-3-14(13-17)5-10-18(20)15-6-8-16(19)9-7-15/h2-10,13H,11-12H2,1H3. The maximum absolute atomic E-state index is 12.0. The predicted molar refractivity (Wildman–Crippen MR) is 88.6 cm³/mol. The molecule has 0 unspecified atom stereocenters. The van der Waals surface area contributed by atoms with E-state index in [0.29, 0.717) is 23.8 Å². The van der Waals surface area contributed by atoms with Crippen molar-refractivity contribution in [3.05, 3.63) is 70.8 Å². The van der Waals surface area contributed by atoms with Crippen LogP contribution in [0.15, 0.2) is 54.6 Å². The van der Waals surface area contributed by atoms with Crippen molar-refractivity contribution in [2.75, 3.05) is 20.3 Å². The summed E-state index contributed by atoms with van der Waals surface area (Å²) in [6, 6.07) is 14.4. The van der Waals surface area contributed by atoms with Gasteiger partial charge in [-0.15, -0.1) is 0 Å². The van der Waals surface area contributed by atoms with Gasteiger partial charge in [-0.25, -0.2) is 0 Å². The summed E-state index contributed by atoms with van der Waals surface area (Å²) in [6.07, 6.45) is 3.30. The third kappa shape index (κ3) is 5.02. The number of halogens is 1. The Balaban J connectivity index is 2.01. The molecule has 0 heterocycles. The molecule has 0 saturated heterocycles. The van der Waals surface area contributed by atoms with Gasteiger partial charge in [0.15, 0.2) is 5.78 Å². The molecule has 0 N–H and O–H groups in total. The van der Waals surface area contributed by atoms with Gasteiger partial charge in [0.05, 0.1) is 6.61 Å². The summed E-state index contributed by atoms with van der Waals surface area (Å²) in [7, 11) is 1.63. The normalized spacial score (nSPS) is 10.8. The largest absolute Gasteiger partial charge is 0.491 e. The third-order valence-corrected chi connectivity index (χ3v) is 3.22. The van der Waals surface area contributed by atoms with Crippen LogP contribution in [-0.4, -0.2) is 26.1 Å². The molecule has 0 aliphatic heterocycles. The summed E-state index contributed by atoms with van der Waals surface area (Å²) >= 11 is 5.81. The lowest BCUT2D eigenvalue weighted by atomic mass is 10.1. The Labute approximate surface area is 135 Å². The van der Waals surface area contributed by atoms with E-state index in [9.17, 15) is 4.79 Å². The number of hydrogen-bond donors (Lipinski definition) is 0. The average Bonchev–Trinajstić information content (AvgIpc) is 2.54. The summed E-state index contributed by atoms with van der Waals surface area (Å²) in [6.45, 7) is 1.03. The van der Waals surface area contributed by atoms with E-state index in [-0.39, 0.29) is 5.78 Å². The highest BCUT2D eigenvalue weighted by molar-refractivity contribution is 6.30. The third-order valence-electron chi connectivity index (χ3n) is 2.97. The van der Waals surface area contributed by atoms with E-state index in [1.54, 1.807) is 37.5 Å². The van der Waals surface area contributed by atoms with Crippen LogP contribution in [0.1, 0.15) is 15.9 Å². The number of rotatable bonds is 7. The van der Waals surface area contributed by atoms with Crippen LogP contribution < -0.4 is 4.74 Å². The molecule has 2 aromatic rings. The SMILES string of the molecule is COCCOc1cccc(C=CC(=O)c2ccc(Cl)cc2)c1. The number of methoxy groups -OCH3 is 1. The van der Waals surface area contributed by atoms with Crippen LogP contribution >= 0.6 is 11.6 Å². The molecule has 114 valence electrons. The van der Waals surface area contributed by atoms with Gasteiger partial charge in [-0.05, 0) is 48.0 Å². The Hall–Kier alpha value is -2.10. The first-order chi connectivity index (χ1) is 10.7. The van der Waals surface area contributed by atoms with Crippen molar-refractivity contribution in [3.8, 4) is 5.75 Å². The monoisotopic (exact) mass is 316 g/mol. The number of allylic oxidation sites excluding steroid dienone is 1. The second-order valence-electron chi connectivity index (χ2n) is 4.62. The summed E-state index contributed by atoms with van der Waals surface area (Å²) in [5.41, 5.74) is 1.50. The van der Waals surface area contributed by atoms with Crippen LogP contribution in [0.4, 0.5) is 0 Å². The van der Waals surface area contributed by atoms with Crippen molar-refractivity contribution in [1.82, 2.24) is 0 Å². The molecule has 0 saturated carbocycles. The zero-order valence-corrected chi connectivity index (χ0v) is 13.0. The lowest BCUT2D eigenvalue weighted by Gasteiger charge is -2.05. The average molecular weight is 317 g/mol. The van der Waals surface area contributed by atoms with Gasteiger partial charge in [-0.3, -0.25) is 4.79 Å². The molecule has 0 atom stereocenters. The van der Waals surface area contributed by atoms with Crippen molar-refractivity contribution in [3.63, 3.8) is 0 Å². The van der Waals surface area contributed by atoms with Gasteiger partial charge < -0.3 is 9.47 Å². The number of ether oxygens (including phenoxy) is 2. The first kappa shape index (κ1) is 16.3. The highest BCUT2D eigenvalue weighted by atomic mass is 35.5. The lowest BCUT2D eigenvalue weighted by Crippen LogP contribution is -2.04. The van der Waals surface area contributed by atoms with Gasteiger partial charge in [-0.2, -0.15) is 0 Å². The first-order valence-corrected chi connectivity index (χ1v) is 7.26. The van der Waals surface area contributed by atoms with Crippen LogP contribution in [0.3, 0.4) is 0 Å². The number of carbonyl (C=O) groups excluding carboxylic acids is 1. The second kappa shape index (κ2) is 8.37.